The number of carbonyl (C=O) groups is 1. The van der Waals surface area contributed by atoms with E-state index in [0.29, 0.717) is 6.54 Å². The molecule has 0 aliphatic carbocycles. The number of fused-ring (bicyclic) bond motifs is 3. The van der Waals surface area contributed by atoms with Gasteiger partial charge >= 0.3 is 7.46 Å². The van der Waals surface area contributed by atoms with Crippen molar-refractivity contribution < 1.29 is 6.22 Å². The van der Waals surface area contributed by atoms with Gasteiger partial charge in [-0.2, -0.15) is 5.10 Å². The zero-order valence-corrected chi connectivity index (χ0v) is 9.21. The van der Waals surface area contributed by atoms with Gasteiger partial charge in [-0.05, 0) is 12.2 Å². The fourth-order valence-corrected chi connectivity index (χ4v) is 2.07. The van der Waals surface area contributed by atoms with Gasteiger partial charge < -0.3 is 5.73 Å². The number of allylic oxidation sites excluding steroid dienone is 3. The lowest BCUT2D eigenvalue weighted by Crippen LogP contribution is -2.32. The van der Waals surface area contributed by atoms with E-state index < -0.39 is 6.03 Å². The highest BCUT2D eigenvalue weighted by atomic mass is 16.2. The zero-order chi connectivity index (χ0) is 11.8. The minimum Gasteiger partial charge on any atom is -0.351 e. The number of rotatable bonds is 0. The fraction of sp³-hybridized carbons (Fsp3) is 0.167. The first-order valence-electron chi connectivity index (χ1n) is 5.43. The topological polar surface area (TPSA) is 64.2 Å². The predicted molar refractivity (Wildman–Crippen MR) is 65.7 cm³/mol. The highest BCUT2D eigenvalue weighted by molar-refractivity contribution is 5.76. The van der Waals surface area contributed by atoms with Crippen LogP contribution < -0.4 is 5.73 Å². The number of hydrogen-bond donors (Lipinski definition) is 1. The van der Waals surface area contributed by atoms with E-state index in [-0.39, 0.29) is 1.43 Å². The molecule has 0 unspecified atom stereocenters. The summed E-state index contributed by atoms with van der Waals surface area (Å²) in [6.45, 7) is 1.24. The van der Waals surface area contributed by atoms with E-state index in [1.54, 1.807) is 6.20 Å². The Hall–Kier alpha value is -2.30. The molecule has 0 aromatic carbocycles. The normalized spacial score (nSPS) is 16.6. The van der Waals surface area contributed by atoms with Gasteiger partial charge in [-0.15, -0.1) is 0 Å². The number of aromatic nitrogens is 2. The minimum absolute atomic E-state index is 0. The molecule has 1 aromatic rings. The van der Waals surface area contributed by atoms with E-state index in [1.807, 2.05) is 35.1 Å². The van der Waals surface area contributed by atoms with Crippen LogP contribution in [0.25, 0.3) is 12.2 Å². The molecule has 5 heteroatoms. The third-order valence-corrected chi connectivity index (χ3v) is 2.93. The molecule has 0 saturated carbocycles. The Kier molecular flexibility index (Phi) is 2.11. The monoisotopic (exact) mass is 229 g/mol. The van der Waals surface area contributed by atoms with Gasteiger partial charge in [-0.3, -0.25) is 9.58 Å². The Balaban J connectivity index is 0.00000120. The average molecular weight is 229 g/mol. The van der Waals surface area contributed by atoms with Crippen molar-refractivity contribution in [2.45, 2.75) is 13.1 Å². The smallest absolute Gasteiger partial charge is 0.351 e. The number of hydrogen-bond acceptors (Lipinski definition) is 2. The van der Waals surface area contributed by atoms with Crippen molar-refractivity contribution in [3.8, 4) is 0 Å². The van der Waals surface area contributed by atoms with Gasteiger partial charge in [-0.25, -0.2) is 4.79 Å². The van der Waals surface area contributed by atoms with Crippen LogP contribution in [-0.2, 0) is 13.1 Å². The molecular weight excluding hydrogens is 216 g/mol. The van der Waals surface area contributed by atoms with Gasteiger partial charge in [0.15, 0.2) is 0 Å². The zero-order valence-electron chi connectivity index (χ0n) is 10.2. The molecule has 86 valence electrons. The molecule has 0 bridgehead atoms. The largest absolute Gasteiger partial charge is 1.00 e. The number of nitrogens with two attached hydrogens (primary N) is 1. The minimum atomic E-state index is -0.442. The highest BCUT2D eigenvalue weighted by Gasteiger charge is 2.21. The number of amides is 2. The molecule has 2 aliphatic rings. The van der Waals surface area contributed by atoms with Gasteiger partial charge in [0.05, 0.1) is 24.5 Å². The number of urea groups is 1. The summed E-state index contributed by atoms with van der Waals surface area (Å²) in [6.07, 6.45) is 11.5. The van der Waals surface area contributed by atoms with E-state index in [4.69, 9.17) is 5.73 Å². The Morgan fingerprint density at radius 3 is 3.12 bits per heavy atom. The van der Waals surface area contributed by atoms with Crippen LogP contribution >= 0.6 is 0 Å². The molecule has 3 heterocycles. The van der Waals surface area contributed by atoms with Crippen molar-refractivity contribution in [2.75, 3.05) is 0 Å². The maximum absolute atomic E-state index is 11.2. The third kappa shape index (κ3) is 1.56. The van der Waals surface area contributed by atoms with Crippen LogP contribution in [0.5, 0.6) is 0 Å². The van der Waals surface area contributed by atoms with E-state index >= 15 is 0 Å². The van der Waals surface area contributed by atoms with Gasteiger partial charge in [0.25, 0.3) is 0 Å². The first kappa shape index (κ1) is 9.89. The van der Waals surface area contributed by atoms with Crippen LogP contribution in [-0.4, -0.2) is 20.7 Å². The SMILES string of the molecule is NC(=O)N1C=Cc2nn3c(c2C1)C=CC=CC3.[H+]. The lowest BCUT2D eigenvalue weighted by Gasteiger charge is -2.19. The molecule has 5 nitrogen and oxygen atoms in total. The molecule has 2 N–H and O–H groups in total. The molecule has 3 rings (SSSR count). The molecule has 2 aliphatic heterocycles. The van der Waals surface area contributed by atoms with Crippen molar-refractivity contribution in [1.82, 2.24) is 14.7 Å². The van der Waals surface area contributed by atoms with Crippen LogP contribution in [0, 0.1) is 0 Å². The van der Waals surface area contributed by atoms with E-state index in [0.717, 1.165) is 23.5 Å². The second kappa shape index (κ2) is 3.62. The van der Waals surface area contributed by atoms with E-state index in [1.165, 1.54) is 4.90 Å². The average Bonchev–Trinajstić information content (AvgIpc) is 2.51. The highest BCUT2D eigenvalue weighted by Crippen LogP contribution is 2.24. The molecule has 2 amide bonds. The molecule has 17 heavy (non-hydrogen) atoms. The molecule has 0 spiro atoms. The van der Waals surface area contributed by atoms with Gasteiger partial charge in [-0.1, -0.05) is 18.2 Å². The van der Waals surface area contributed by atoms with E-state index in [2.05, 4.69) is 5.10 Å². The Morgan fingerprint density at radius 1 is 1.41 bits per heavy atom. The lowest BCUT2D eigenvalue weighted by molar-refractivity contribution is 0.223. The molecule has 1 aromatic heterocycles. The summed E-state index contributed by atoms with van der Waals surface area (Å²) in [5.74, 6) is 0. The first-order chi connectivity index (χ1) is 8.25. The summed E-state index contributed by atoms with van der Waals surface area (Å²) in [4.78, 5) is 12.6. The molecule has 0 radical (unpaired) electrons. The second-order valence-electron chi connectivity index (χ2n) is 4.00. The fourth-order valence-electron chi connectivity index (χ4n) is 2.07. The summed E-state index contributed by atoms with van der Waals surface area (Å²) >= 11 is 0. The van der Waals surface area contributed by atoms with E-state index in [9.17, 15) is 4.79 Å². The quantitative estimate of drug-likeness (QED) is 0.731. The van der Waals surface area contributed by atoms with Crippen molar-refractivity contribution in [1.29, 1.82) is 0 Å². The molecular formula is C12H13N4O+. The van der Waals surface area contributed by atoms with Crippen molar-refractivity contribution in [3.05, 3.63) is 41.4 Å². The Bertz CT molecular complexity index is 571. The molecule has 0 fully saturated rings. The van der Waals surface area contributed by atoms with Crippen molar-refractivity contribution in [3.63, 3.8) is 0 Å². The van der Waals surface area contributed by atoms with Gasteiger partial charge in [0.1, 0.15) is 0 Å². The number of carbonyl (C=O) groups excluding carboxylic acids is 1. The molecule has 0 atom stereocenters. The predicted octanol–water partition coefficient (Wildman–Crippen LogP) is 1.44. The summed E-state index contributed by atoms with van der Waals surface area (Å²) < 4.78 is 1.93. The van der Waals surface area contributed by atoms with Crippen LogP contribution in [0.2, 0.25) is 0 Å². The number of primary amides is 1. The van der Waals surface area contributed by atoms with Crippen LogP contribution in [0.15, 0.2) is 24.4 Å². The number of nitrogens with zero attached hydrogens (tertiary/aromatic N) is 3. The lowest BCUT2D eigenvalue weighted by atomic mass is 10.1. The van der Waals surface area contributed by atoms with Crippen molar-refractivity contribution in [2.24, 2.45) is 5.73 Å². The van der Waals surface area contributed by atoms with Crippen LogP contribution in [0.1, 0.15) is 18.4 Å². The van der Waals surface area contributed by atoms with Crippen LogP contribution in [0.4, 0.5) is 4.79 Å². The summed E-state index contributed by atoms with van der Waals surface area (Å²) in [6, 6.07) is -0.442. The van der Waals surface area contributed by atoms with Crippen molar-refractivity contribution >= 4 is 18.2 Å². The van der Waals surface area contributed by atoms with Gasteiger partial charge in [0, 0.05) is 11.8 Å². The third-order valence-electron chi connectivity index (χ3n) is 2.93. The molecule has 0 saturated heterocycles. The first-order valence-corrected chi connectivity index (χ1v) is 5.43. The maximum Gasteiger partial charge on any atom is 1.00 e. The standard InChI is InChI=1S/C12H12N4O/c13-12(17)15-7-5-10-9(8-15)11-4-2-1-3-6-16(11)14-10/h1-5,7H,6,8H2,(H2,13,17)/p+1. The summed E-state index contributed by atoms with van der Waals surface area (Å²) in [5, 5.41) is 4.49. The Morgan fingerprint density at radius 2 is 2.29 bits per heavy atom. The Labute approximate surface area is 100.0 Å². The van der Waals surface area contributed by atoms with Gasteiger partial charge in [0.2, 0.25) is 0 Å². The maximum atomic E-state index is 11.2. The summed E-state index contributed by atoms with van der Waals surface area (Å²) in [7, 11) is 0. The summed E-state index contributed by atoms with van der Waals surface area (Å²) in [5.41, 5.74) is 8.28. The van der Waals surface area contributed by atoms with Crippen LogP contribution in [0.3, 0.4) is 0 Å². The second-order valence-corrected chi connectivity index (χ2v) is 4.00.